The summed E-state index contributed by atoms with van der Waals surface area (Å²) in [5.74, 6) is -0.151. The van der Waals surface area contributed by atoms with Crippen LogP contribution in [0.25, 0.3) is 0 Å². The number of aliphatic hydroxyl groups is 2. The molecule has 1 unspecified atom stereocenters. The highest BCUT2D eigenvalue weighted by Crippen LogP contribution is 2.26. The van der Waals surface area contributed by atoms with Gasteiger partial charge < -0.3 is 39.0 Å². The fraction of sp³-hybridized carbons (Fsp3) is 0.964. The van der Waals surface area contributed by atoms with Crippen molar-refractivity contribution in [2.45, 2.75) is 103 Å². The van der Waals surface area contributed by atoms with Crippen molar-refractivity contribution in [3.8, 4) is 0 Å². The minimum Gasteiger partial charge on any atom is -0.393 e. The van der Waals surface area contributed by atoms with E-state index in [0.717, 1.165) is 64.5 Å². The molecule has 0 aromatic carbocycles. The van der Waals surface area contributed by atoms with Gasteiger partial charge in [0.05, 0.1) is 13.2 Å². The molecule has 4 atom stereocenters. The third-order valence-electron chi connectivity index (χ3n) is 6.85. The summed E-state index contributed by atoms with van der Waals surface area (Å²) in [6.07, 6.45) is 4.13. The van der Waals surface area contributed by atoms with Crippen LogP contribution in [0.4, 0.5) is 0 Å². The van der Waals surface area contributed by atoms with Crippen LogP contribution < -0.4 is 0 Å². The Morgan fingerprint density at radius 1 is 0.811 bits per heavy atom. The SMILES string of the molecule is CCCCOCC(O)(CO)[C@@H](OCCCC)[C@H](OCCCC)[C@@H](OCCCC)C(=O)N1CCN(C)CC1. The molecule has 220 valence electrons. The van der Waals surface area contributed by atoms with Gasteiger partial charge in [-0.2, -0.15) is 0 Å². The molecular formula is C28H56N2O7. The standard InChI is InChI=1S/C28H56N2O7/c1-6-10-18-34-23-28(33,22-31)26(37-21-13-9-4)24(35-19-11-7-2)25(36-20-12-8-3)27(32)30-16-14-29(5)15-17-30/h24-26,31,33H,6-23H2,1-5H3/t24-,25-,26+,28?/m1/s1. The molecule has 1 saturated heterocycles. The first-order chi connectivity index (χ1) is 17.9. The number of unbranched alkanes of at least 4 members (excludes halogenated alkanes) is 4. The van der Waals surface area contributed by atoms with E-state index in [9.17, 15) is 15.0 Å². The van der Waals surface area contributed by atoms with Crippen LogP contribution in [0.2, 0.25) is 0 Å². The number of carbonyl (C=O) groups excluding carboxylic acids is 1. The van der Waals surface area contributed by atoms with Gasteiger partial charge in [-0.05, 0) is 32.7 Å². The Bertz CT molecular complexity index is 575. The quantitative estimate of drug-likeness (QED) is 0.205. The highest BCUT2D eigenvalue weighted by molar-refractivity contribution is 5.82. The van der Waals surface area contributed by atoms with Crippen LogP contribution in [0.1, 0.15) is 79.1 Å². The van der Waals surface area contributed by atoms with Crippen molar-refractivity contribution in [3.63, 3.8) is 0 Å². The Balaban J connectivity index is 3.35. The zero-order chi connectivity index (χ0) is 27.5. The summed E-state index contributed by atoms with van der Waals surface area (Å²) in [4.78, 5) is 17.9. The third kappa shape index (κ3) is 12.3. The van der Waals surface area contributed by atoms with E-state index >= 15 is 0 Å². The number of aliphatic hydroxyl groups excluding tert-OH is 1. The summed E-state index contributed by atoms with van der Waals surface area (Å²) in [7, 11) is 2.05. The number of hydrogen-bond donors (Lipinski definition) is 2. The first kappa shape index (κ1) is 34.2. The maximum Gasteiger partial charge on any atom is 0.254 e. The van der Waals surface area contributed by atoms with Crippen LogP contribution in [0.3, 0.4) is 0 Å². The lowest BCUT2D eigenvalue weighted by atomic mass is 9.90. The molecule has 0 bridgehead atoms. The van der Waals surface area contributed by atoms with Crippen molar-refractivity contribution >= 4 is 5.91 Å². The Morgan fingerprint density at radius 3 is 1.86 bits per heavy atom. The molecule has 0 saturated carbocycles. The molecule has 0 aromatic heterocycles. The molecule has 1 fully saturated rings. The molecule has 9 nitrogen and oxygen atoms in total. The van der Waals surface area contributed by atoms with E-state index in [0.29, 0.717) is 39.5 Å². The van der Waals surface area contributed by atoms with Crippen LogP contribution in [-0.4, -0.2) is 123 Å². The van der Waals surface area contributed by atoms with Crippen molar-refractivity contribution in [1.29, 1.82) is 0 Å². The number of amides is 1. The molecule has 1 heterocycles. The van der Waals surface area contributed by atoms with Crippen LogP contribution in [0, 0.1) is 0 Å². The van der Waals surface area contributed by atoms with Crippen molar-refractivity contribution in [3.05, 3.63) is 0 Å². The van der Waals surface area contributed by atoms with E-state index in [2.05, 4.69) is 32.6 Å². The number of carbonyl (C=O) groups is 1. The Morgan fingerprint density at radius 2 is 1.32 bits per heavy atom. The third-order valence-corrected chi connectivity index (χ3v) is 6.85. The predicted octanol–water partition coefficient (Wildman–Crippen LogP) is 2.86. The number of likely N-dealkylation sites (N-methyl/N-ethyl adjacent to an activating group) is 1. The van der Waals surface area contributed by atoms with Crippen molar-refractivity contribution < 1.29 is 34.0 Å². The molecule has 1 amide bonds. The molecule has 1 aliphatic heterocycles. The van der Waals surface area contributed by atoms with E-state index in [-0.39, 0.29) is 12.5 Å². The Hall–Kier alpha value is -0.810. The number of nitrogens with zero attached hydrogens (tertiary/aromatic N) is 2. The van der Waals surface area contributed by atoms with Gasteiger partial charge in [-0.15, -0.1) is 0 Å². The predicted molar refractivity (Wildman–Crippen MR) is 146 cm³/mol. The zero-order valence-electron chi connectivity index (χ0n) is 24.3. The summed E-state index contributed by atoms with van der Waals surface area (Å²) in [5.41, 5.74) is -1.74. The van der Waals surface area contributed by atoms with Crippen LogP contribution in [0.15, 0.2) is 0 Å². The van der Waals surface area contributed by atoms with E-state index in [1.807, 2.05) is 11.9 Å². The van der Waals surface area contributed by atoms with Gasteiger partial charge in [-0.1, -0.05) is 53.4 Å². The number of hydrogen-bond acceptors (Lipinski definition) is 8. The smallest absolute Gasteiger partial charge is 0.254 e. The summed E-state index contributed by atoms with van der Waals surface area (Å²) in [6, 6.07) is 0. The summed E-state index contributed by atoms with van der Waals surface area (Å²) in [5, 5.41) is 22.1. The first-order valence-electron chi connectivity index (χ1n) is 14.6. The van der Waals surface area contributed by atoms with Gasteiger partial charge in [-0.3, -0.25) is 4.79 Å². The second kappa shape index (κ2) is 20.1. The van der Waals surface area contributed by atoms with Crippen LogP contribution >= 0.6 is 0 Å². The van der Waals surface area contributed by atoms with Crippen molar-refractivity contribution in [2.75, 3.05) is 72.9 Å². The fourth-order valence-corrected chi connectivity index (χ4v) is 4.19. The van der Waals surface area contributed by atoms with Crippen LogP contribution in [-0.2, 0) is 23.7 Å². The topological polar surface area (TPSA) is 101 Å². The maximum absolute atomic E-state index is 13.9. The number of ether oxygens (including phenoxy) is 4. The highest BCUT2D eigenvalue weighted by atomic mass is 16.6. The van der Waals surface area contributed by atoms with Gasteiger partial charge in [0.1, 0.15) is 17.8 Å². The molecule has 37 heavy (non-hydrogen) atoms. The fourth-order valence-electron chi connectivity index (χ4n) is 4.19. The average molecular weight is 533 g/mol. The first-order valence-corrected chi connectivity index (χ1v) is 14.6. The van der Waals surface area contributed by atoms with E-state index in [1.165, 1.54) is 0 Å². The molecule has 0 spiro atoms. The largest absolute Gasteiger partial charge is 0.393 e. The van der Waals surface area contributed by atoms with E-state index in [1.54, 1.807) is 0 Å². The number of piperazine rings is 1. The molecule has 1 aliphatic rings. The lowest BCUT2D eigenvalue weighted by Gasteiger charge is -2.43. The van der Waals surface area contributed by atoms with Gasteiger partial charge in [0, 0.05) is 52.6 Å². The summed E-state index contributed by atoms with van der Waals surface area (Å²) in [6.45, 7) is 12.0. The Kier molecular flexibility index (Phi) is 18.6. The zero-order valence-corrected chi connectivity index (χ0v) is 24.3. The summed E-state index contributed by atoms with van der Waals surface area (Å²) >= 11 is 0. The van der Waals surface area contributed by atoms with Crippen molar-refractivity contribution in [1.82, 2.24) is 9.80 Å². The molecule has 0 radical (unpaired) electrons. The van der Waals surface area contributed by atoms with Gasteiger partial charge in [-0.25, -0.2) is 0 Å². The van der Waals surface area contributed by atoms with Gasteiger partial charge in [0.25, 0.3) is 5.91 Å². The lowest BCUT2D eigenvalue weighted by molar-refractivity contribution is -0.226. The Labute approximate surface area is 225 Å². The van der Waals surface area contributed by atoms with E-state index < -0.39 is 30.5 Å². The minimum absolute atomic E-state index is 0.113. The maximum atomic E-state index is 13.9. The average Bonchev–Trinajstić information content (AvgIpc) is 2.90. The van der Waals surface area contributed by atoms with Gasteiger partial charge in [0.15, 0.2) is 6.10 Å². The van der Waals surface area contributed by atoms with E-state index in [4.69, 9.17) is 18.9 Å². The number of rotatable bonds is 22. The second-order valence-electron chi connectivity index (χ2n) is 10.3. The molecule has 9 heteroatoms. The summed E-state index contributed by atoms with van der Waals surface area (Å²) < 4.78 is 24.6. The minimum atomic E-state index is -1.74. The van der Waals surface area contributed by atoms with Gasteiger partial charge >= 0.3 is 0 Å². The molecule has 0 aromatic rings. The molecule has 0 aliphatic carbocycles. The molecular weight excluding hydrogens is 476 g/mol. The second-order valence-corrected chi connectivity index (χ2v) is 10.3. The normalized spacial score (nSPS) is 18.9. The monoisotopic (exact) mass is 532 g/mol. The lowest BCUT2D eigenvalue weighted by Crippen LogP contribution is -2.63. The van der Waals surface area contributed by atoms with Gasteiger partial charge in [0.2, 0.25) is 0 Å². The van der Waals surface area contributed by atoms with Crippen molar-refractivity contribution in [2.24, 2.45) is 0 Å². The molecule has 2 N–H and O–H groups in total. The van der Waals surface area contributed by atoms with Crippen LogP contribution in [0.5, 0.6) is 0 Å². The molecule has 1 rings (SSSR count). The highest BCUT2D eigenvalue weighted by Gasteiger charge is 2.49.